The van der Waals surface area contributed by atoms with Gasteiger partial charge in [0.2, 0.25) is 11.8 Å². The highest BCUT2D eigenvalue weighted by Crippen LogP contribution is 2.67. The van der Waals surface area contributed by atoms with Crippen molar-refractivity contribution in [3.05, 3.63) is 29.1 Å². The van der Waals surface area contributed by atoms with E-state index < -0.39 is 12.5 Å². The first-order valence-electron chi connectivity index (χ1n) is 9.38. The number of aromatic nitrogens is 1. The average Bonchev–Trinajstić information content (AvgIpc) is 2.93. The fraction of sp³-hybridized carbons (Fsp3) is 0.579. The Hall–Kier alpha value is -1.84. The molecule has 2 aromatic rings. The molecule has 156 valence electrons. The Morgan fingerprint density at radius 1 is 1.28 bits per heavy atom. The molecule has 6 nitrogen and oxygen atoms in total. The van der Waals surface area contributed by atoms with Gasteiger partial charge in [-0.3, -0.25) is 9.53 Å². The van der Waals surface area contributed by atoms with Crippen LogP contribution in [0, 0.1) is 0 Å². The molecule has 10 heteroatoms. The van der Waals surface area contributed by atoms with E-state index in [2.05, 4.69) is 15.0 Å². The van der Waals surface area contributed by atoms with Crippen LogP contribution >= 0.6 is 11.6 Å². The molecular weight excluding hydrogens is 413 g/mol. The SMILES string of the molecule is O=C(COC1CC(OC(F)(F)F)C1)NC12CC(c3nc4ccc(Cl)cc4o3)(C1)C2. The second-order valence-electron chi connectivity index (χ2n) is 8.36. The number of nitrogens with zero attached hydrogens (tertiary/aromatic N) is 1. The highest BCUT2D eigenvalue weighted by atomic mass is 35.5. The van der Waals surface area contributed by atoms with Gasteiger partial charge in [-0.25, -0.2) is 4.98 Å². The van der Waals surface area contributed by atoms with Gasteiger partial charge in [0.1, 0.15) is 12.1 Å². The number of alkyl halides is 3. The molecule has 0 saturated heterocycles. The van der Waals surface area contributed by atoms with Gasteiger partial charge in [-0.2, -0.15) is 0 Å². The first kappa shape index (κ1) is 19.1. The molecular formula is C19H18ClF3N2O4. The lowest BCUT2D eigenvalue weighted by atomic mass is 9.39. The summed E-state index contributed by atoms with van der Waals surface area (Å²) >= 11 is 5.98. The van der Waals surface area contributed by atoms with Gasteiger partial charge in [0.15, 0.2) is 5.58 Å². The number of carbonyl (C=O) groups is 1. The normalized spacial score (nSPS) is 33.0. The van der Waals surface area contributed by atoms with Crippen molar-refractivity contribution in [2.45, 2.75) is 61.6 Å². The summed E-state index contributed by atoms with van der Waals surface area (Å²) in [4.78, 5) is 16.7. The average molecular weight is 431 g/mol. The number of amides is 1. The maximum absolute atomic E-state index is 12.1. The van der Waals surface area contributed by atoms with E-state index in [-0.39, 0.29) is 42.4 Å². The number of fused-ring (bicyclic) bond motifs is 1. The second-order valence-corrected chi connectivity index (χ2v) is 8.80. The van der Waals surface area contributed by atoms with Crippen LogP contribution in [0.2, 0.25) is 5.02 Å². The molecule has 4 aliphatic rings. The Balaban J connectivity index is 1.08. The van der Waals surface area contributed by atoms with Crippen LogP contribution in [0.3, 0.4) is 0 Å². The summed E-state index contributed by atoms with van der Waals surface area (Å²) in [7, 11) is 0. The molecule has 1 N–H and O–H groups in total. The lowest BCUT2D eigenvalue weighted by Gasteiger charge is -2.68. The summed E-state index contributed by atoms with van der Waals surface area (Å²) < 4.78 is 51.4. The Bertz CT molecular complexity index is 950. The van der Waals surface area contributed by atoms with E-state index in [1.165, 1.54) is 0 Å². The van der Waals surface area contributed by atoms with Crippen LogP contribution in [0.4, 0.5) is 13.2 Å². The lowest BCUT2D eigenvalue weighted by Crippen LogP contribution is -2.77. The predicted octanol–water partition coefficient (Wildman–Crippen LogP) is 3.86. The van der Waals surface area contributed by atoms with Crippen LogP contribution in [0.25, 0.3) is 11.1 Å². The standard InChI is InChI=1S/C19H18ClF3N2O4/c20-10-1-2-13-14(3-10)28-16(24-13)17-7-18(8-17,9-17)25-15(26)6-27-11-4-12(5-11)29-19(21,22)23/h1-3,11-12H,4-9H2,(H,25,26). The molecule has 0 spiro atoms. The van der Waals surface area contributed by atoms with Crippen LogP contribution in [0.15, 0.2) is 22.6 Å². The Kier molecular flexibility index (Phi) is 4.18. The van der Waals surface area contributed by atoms with Gasteiger partial charge in [-0.15, -0.1) is 13.2 Å². The minimum atomic E-state index is -4.63. The smallest absolute Gasteiger partial charge is 0.440 e. The number of rotatable bonds is 6. The predicted molar refractivity (Wildman–Crippen MR) is 95.3 cm³/mol. The highest BCUT2D eigenvalue weighted by molar-refractivity contribution is 6.31. The zero-order chi connectivity index (χ0) is 20.4. The van der Waals surface area contributed by atoms with E-state index in [9.17, 15) is 18.0 Å². The van der Waals surface area contributed by atoms with Gasteiger partial charge in [0.25, 0.3) is 0 Å². The van der Waals surface area contributed by atoms with E-state index >= 15 is 0 Å². The number of benzene rings is 1. The number of carbonyl (C=O) groups excluding carboxylic acids is 1. The van der Waals surface area contributed by atoms with Crippen LogP contribution < -0.4 is 5.32 Å². The quantitative estimate of drug-likeness (QED) is 0.753. The zero-order valence-electron chi connectivity index (χ0n) is 15.2. The number of oxazole rings is 1. The molecule has 6 rings (SSSR count). The monoisotopic (exact) mass is 430 g/mol. The summed E-state index contributed by atoms with van der Waals surface area (Å²) in [6.45, 7) is -0.167. The van der Waals surface area contributed by atoms with Crippen LogP contribution in [-0.4, -0.2) is 41.6 Å². The van der Waals surface area contributed by atoms with Crippen molar-refractivity contribution in [1.82, 2.24) is 10.3 Å². The molecule has 0 aliphatic heterocycles. The third-order valence-electron chi connectivity index (χ3n) is 6.04. The number of hydrogen-bond acceptors (Lipinski definition) is 5. The molecule has 0 atom stereocenters. The topological polar surface area (TPSA) is 73.6 Å². The molecule has 4 fully saturated rings. The lowest BCUT2D eigenvalue weighted by molar-refractivity contribution is -0.357. The third kappa shape index (κ3) is 3.49. The third-order valence-corrected chi connectivity index (χ3v) is 6.28. The van der Waals surface area contributed by atoms with Gasteiger partial charge < -0.3 is 14.5 Å². The molecule has 1 heterocycles. The Labute approximate surface area is 168 Å². The molecule has 4 saturated carbocycles. The highest BCUT2D eigenvalue weighted by Gasteiger charge is 2.71. The molecule has 2 bridgehead atoms. The van der Waals surface area contributed by atoms with E-state index in [1.54, 1.807) is 12.1 Å². The molecule has 0 radical (unpaired) electrons. The van der Waals surface area contributed by atoms with Crippen molar-refractivity contribution in [3.63, 3.8) is 0 Å². The van der Waals surface area contributed by atoms with Gasteiger partial charge in [-0.05, 0) is 31.4 Å². The molecule has 29 heavy (non-hydrogen) atoms. The largest absolute Gasteiger partial charge is 0.522 e. The fourth-order valence-corrected chi connectivity index (χ4v) is 4.90. The first-order chi connectivity index (χ1) is 13.6. The minimum absolute atomic E-state index is 0.142. The van der Waals surface area contributed by atoms with Crippen molar-refractivity contribution in [2.75, 3.05) is 6.61 Å². The van der Waals surface area contributed by atoms with Crippen molar-refractivity contribution in [2.24, 2.45) is 0 Å². The van der Waals surface area contributed by atoms with Crippen LogP contribution in [0.5, 0.6) is 0 Å². The fourth-order valence-electron chi connectivity index (χ4n) is 4.74. The van der Waals surface area contributed by atoms with Crippen LogP contribution in [-0.2, 0) is 19.7 Å². The van der Waals surface area contributed by atoms with Gasteiger partial charge in [-0.1, -0.05) is 11.6 Å². The maximum atomic E-state index is 12.1. The molecule has 1 aromatic heterocycles. The first-order valence-corrected chi connectivity index (χ1v) is 9.75. The molecule has 1 amide bonds. The molecule has 4 aliphatic carbocycles. The van der Waals surface area contributed by atoms with Crippen molar-refractivity contribution in [1.29, 1.82) is 0 Å². The number of ether oxygens (including phenoxy) is 2. The Morgan fingerprint density at radius 3 is 2.69 bits per heavy atom. The zero-order valence-corrected chi connectivity index (χ0v) is 16.0. The van der Waals surface area contributed by atoms with E-state index in [0.29, 0.717) is 16.5 Å². The summed E-state index contributed by atoms with van der Waals surface area (Å²) in [5.41, 5.74) is 1.00. The van der Waals surface area contributed by atoms with Crippen molar-refractivity contribution >= 4 is 28.6 Å². The van der Waals surface area contributed by atoms with Crippen molar-refractivity contribution < 1.29 is 31.9 Å². The molecule has 0 unspecified atom stereocenters. The van der Waals surface area contributed by atoms with Crippen LogP contribution in [0.1, 0.15) is 38.0 Å². The molecule has 1 aromatic carbocycles. The van der Waals surface area contributed by atoms with E-state index in [1.807, 2.05) is 6.07 Å². The van der Waals surface area contributed by atoms with E-state index in [4.69, 9.17) is 20.8 Å². The number of nitrogens with one attached hydrogen (secondary N) is 1. The van der Waals surface area contributed by atoms with Gasteiger partial charge in [0, 0.05) is 29.5 Å². The van der Waals surface area contributed by atoms with E-state index in [0.717, 1.165) is 24.8 Å². The van der Waals surface area contributed by atoms with Gasteiger partial charge >= 0.3 is 6.36 Å². The number of halogens is 4. The summed E-state index contributed by atoms with van der Waals surface area (Å²) in [6.07, 6.45) is -3.36. The maximum Gasteiger partial charge on any atom is 0.522 e. The van der Waals surface area contributed by atoms with Crippen molar-refractivity contribution in [3.8, 4) is 0 Å². The second kappa shape index (κ2) is 6.33. The minimum Gasteiger partial charge on any atom is -0.440 e. The summed E-state index contributed by atoms with van der Waals surface area (Å²) in [5.74, 6) is 0.412. The Morgan fingerprint density at radius 2 is 2.00 bits per heavy atom. The van der Waals surface area contributed by atoms with Gasteiger partial charge in [0.05, 0.1) is 17.6 Å². The summed E-state index contributed by atoms with van der Waals surface area (Å²) in [6, 6.07) is 5.31. The number of hydrogen-bond donors (Lipinski definition) is 1. The summed E-state index contributed by atoms with van der Waals surface area (Å²) in [5, 5.41) is 3.57.